The maximum absolute atomic E-state index is 2.76. The van der Waals surface area contributed by atoms with Crippen LogP contribution in [0.1, 0.15) is 50.8 Å². The van der Waals surface area contributed by atoms with Gasteiger partial charge in [-0.1, -0.05) is 0 Å². The molecule has 0 aliphatic heterocycles. The number of nitrogens with zero attached hydrogens (tertiary/aromatic N) is 1. The molecule has 0 heterocycles. The van der Waals surface area contributed by atoms with Crippen LogP contribution in [0.3, 0.4) is 0 Å². The molecule has 0 spiro atoms. The summed E-state index contributed by atoms with van der Waals surface area (Å²) >= 11 is 1.10. The van der Waals surface area contributed by atoms with E-state index in [2.05, 4.69) is 164 Å². The third-order valence-corrected chi connectivity index (χ3v) is 16.0. The van der Waals surface area contributed by atoms with Crippen LogP contribution in [0.25, 0.3) is 0 Å². The molecule has 0 atom stereocenters. The summed E-state index contributed by atoms with van der Waals surface area (Å²) in [4.78, 5) is 0. The molecule has 5 aromatic carbocycles. The zero-order valence-corrected chi connectivity index (χ0v) is 27.5. The van der Waals surface area contributed by atoms with E-state index in [0.717, 1.165) is 16.7 Å². The normalized spacial score (nSPS) is 11.7. The van der Waals surface area contributed by atoms with Crippen LogP contribution in [0, 0.1) is 6.92 Å². The number of hydrogen-bond acceptors (Lipinski definition) is 1. The van der Waals surface area contributed by atoms with Gasteiger partial charge in [0.1, 0.15) is 0 Å². The Bertz CT molecular complexity index is 1310. The van der Waals surface area contributed by atoms with E-state index in [1.54, 1.807) is 0 Å². The van der Waals surface area contributed by atoms with E-state index in [9.17, 15) is 0 Å². The van der Waals surface area contributed by atoms with E-state index in [1.165, 1.54) is 44.6 Å². The summed E-state index contributed by atoms with van der Waals surface area (Å²) in [7, 11) is -1.69. The Morgan fingerprint density at radius 3 is 1.05 bits per heavy atom. The second-order valence-electron chi connectivity index (χ2n) is 11.4. The zero-order chi connectivity index (χ0) is 27.4. The standard InChI is InChI=1S/C36H38GeNSi/c1-27-25-32(34(28-17-9-5-10-18-28)29-19-11-6-12-20-29)36(38(37)39(2,3)4)33(26-27)35(30-21-13-7-14-22-30)31-23-15-8-16-24-31/h5-26,34-35H,37H2,1-4H3. The van der Waals surface area contributed by atoms with Gasteiger partial charge in [0.25, 0.3) is 0 Å². The fourth-order valence-corrected chi connectivity index (χ4v) is 7.30. The summed E-state index contributed by atoms with van der Waals surface area (Å²) in [6, 6.07) is 49.1. The minimum atomic E-state index is -1.69. The maximum atomic E-state index is 2.76. The van der Waals surface area contributed by atoms with Crippen molar-refractivity contribution in [3.8, 4) is 0 Å². The summed E-state index contributed by atoms with van der Waals surface area (Å²) in [5, 5.41) is 0. The summed E-state index contributed by atoms with van der Waals surface area (Å²) in [6.07, 6.45) is 0. The molecule has 0 aromatic heterocycles. The first-order valence-corrected chi connectivity index (χ1v) is 18.6. The van der Waals surface area contributed by atoms with Gasteiger partial charge in [0.05, 0.1) is 0 Å². The average Bonchev–Trinajstić information content (AvgIpc) is 2.95. The van der Waals surface area contributed by atoms with Crippen LogP contribution in [0.4, 0.5) is 5.69 Å². The van der Waals surface area contributed by atoms with Gasteiger partial charge in [0.15, 0.2) is 0 Å². The fraction of sp³-hybridized carbons (Fsp3) is 0.167. The summed E-state index contributed by atoms with van der Waals surface area (Å²) in [5.41, 5.74) is 10.9. The molecular weight excluding hydrogens is 547 g/mol. The van der Waals surface area contributed by atoms with Gasteiger partial charge in [-0.25, -0.2) is 0 Å². The second-order valence-corrected chi connectivity index (χ2v) is 18.9. The van der Waals surface area contributed by atoms with Crippen molar-refractivity contribution in [2.75, 3.05) is 3.52 Å². The van der Waals surface area contributed by atoms with Crippen LogP contribution < -0.4 is 3.52 Å². The van der Waals surface area contributed by atoms with Crippen molar-refractivity contribution >= 4 is 30.7 Å². The molecule has 39 heavy (non-hydrogen) atoms. The van der Waals surface area contributed by atoms with Crippen LogP contribution in [-0.2, 0) is 0 Å². The van der Waals surface area contributed by atoms with Crippen molar-refractivity contribution < 1.29 is 0 Å². The minimum absolute atomic E-state index is 0.152. The molecule has 0 aliphatic rings. The monoisotopic (exact) mass is 586 g/mol. The Hall–Kier alpha value is -3.34. The van der Waals surface area contributed by atoms with Gasteiger partial charge >= 0.3 is 245 Å². The molecular formula is C36H38GeNSi. The molecule has 5 rings (SSSR count). The van der Waals surface area contributed by atoms with Crippen molar-refractivity contribution in [2.24, 2.45) is 0 Å². The SMILES string of the molecule is Cc1cc(C(c2ccccc2)c2ccccc2)c([N]([GeH2])[Si](C)(C)C)c(C(c2ccccc2)c2ccccc2)c1. The van der Waals surface area contributed by atoms with E-state index in [4.69, 9.17) is 0 Å². The molecule has 3 heteroatoms. The molecule has 0 saturated carbocycles. The Kier molecular flexibility index (Phi) is 8.25. The summed E-state index contributed by atoms with van der Waals surface area (Å²) in [5.74, 6) is 0.303. The van der Waals surface area contributed by atoms with Crippen molar-refractivity contribution in [3.05, 3.63) is 172 Å². The molecule has 1 radical (unpaired) electrons. The molecule has 0 amide bonds. The number of benzene rings is 5. The number of rotatable bonds is 8. The molecule has 0 saturated heterocycles. The molecule has 0 bridgehead atoms. The number of anilines is 1. The predicted molar refractivity (Wildman–Crippen MR) is 173 cm³/mol. The van der Waals surface area contributed by atoms with Gasteiger partial charge in [-0.05, 0) is 0 Å². The Labute approximate surface area is 244 Å². The molecule has 0 unspecified atom stereocenters. The van der Waals surface area contributed by atoms with Crippen LogP contribution in [0.2, 0.25) is 19.6 Å². The zero-order valence-electron chi connectivity index (χ0n) is 23.5. The van der Waals surface area contributed by atoms with Crippen LogP contribution in [-0.4, -0.2) is 25.0 Å². The summed E-state index contributed by atoms with van der Waals surface area (Å²) in [6.45, 7) is 9.69. The molecule has 195 valence electrons. The van der Waals surface area contributed by atoms with E-state index in [1.807, 2.05) is 0 Å². The van der Waals surface area contributed by atoms with Crippen LogP contribution in [0.5, 0.6) is 0 Å². The first-order chi connectivity index (χ1) is 18.8. The topological polar surface area (TPSA) is 3.24 Å². The van der Waals surface area contributed by atoms with E-state index >= 15 is 0 Å². The van der Waals surface area contributed by atoms with Crippen molar-refractivity contribution in [1.82, 2.24) is 0 Å². The molecule has 1 nitrogen and oxygen atoms in total. The third kappa shape index (κ3) is 5.98. The van der Waals surface area contributed by atoms with E-state index in [0.29, 0.717) is 0 Å². The Morgan fingerprint density at radius 2 is 0.795 bits per heavy atom. The van der Waals surface area contributed by atoms with Gasteiger partial charge in [0, 0.05) is 0 Å². The van der Waals surface area contributed by atoms with Gasteiger partial charge in [-0.2, -0.15) is 0 Å². The Morgan fingerprint density at radius 1 is 0.513 bits per heavy atom. The fourth-order valence-electron chi connectivity index (χ4n) is 5.61. The van der Waals surface area contributed by atoms with Gasteiger partial charge in [0.2, 0.25) is 0 Å². The Balaban J connectivity index is 1.87. The molecule has 0 fully saturated rings. The third-order valence-electron chi connectivity index (χ3n) is 7.55. The predicted octanol–water partition coefficient (Wildman–Crippen LogP) is 8.54. The van der Waals surface area contributed by atoms with E-state index in [-0.39, 0.29) is 11.8 Å². The van der Waals surface area contributed by atoms with E-state index < -0.39 is 8.24 Å². The first-order valence-electron chi connectivity index (χ1n) is 13.8. The quantitative estimate of drug-likeness (QED) is 0.130. The van der Waals surface area contributed by atoms with Crippen molar-refractivity contribution in [1.29, 1.82) is 0 Å². The molecule has 0 N–H and O–H groups in total. The number of aryl methyl sites for hydroxylation is 1. The number of hydrogen-bond donors (Lipinski definition) is 0. The second kappa shape index (κ2) is 11.8. The molecule has 5 aromatic rings. The molecule has 0 aliphatic carbocycles. The summed E-state index contributed by atoms with van der Waals surface area (Å²) < 4.78 is 2.76. The van der Waals surface area contributed by atoms with Crippen LogP contribution >= 0.6 is 0 Å². The first kappa shape index (κ1) is 27.2. The van der Waals surface area contributed by atoms with Crippen LogP contribution in [0.15, 0.2) is 133 Å². The van der Waals surface area contributed by atoms with Crippen molar-refractivity contribution in [2.45, 2.75) is 38.4 Å². The van der Waals surface area contributed by atoms with Gasteiger partial charge in [-0.15, -0.1) is 0 Å². The van der Waals surface area contributed by atoms with Gasteiger partial charge in [-0.3, -0.25) is 0 Å². The average molecular weight is 585 g/mol. The van der Waals surface area contributed by atoms with Gasteiger partial charge < -0.3 is 0 Å². The van der Waals surface area contributed by atoms with Crippen molar-refractivity contribution in [3.63, 3.8) is 0 Å².